The number of anilines is 3. The SMILES string of the molecule is COc1ccc(C(C)(c2ccc(OC(=O)Oc3ccc(C(=O)Oc4ccc(OC(C)=O)cc4)cc3)cc2)c2ccc(N(c3ccc(C)cc3)c3ccc(C)cc3)cc2)cc1. The van der Waals surface area contributed by atoms with Gasteiger partial charge < -0.3 is 28.6 Å². The first-order chi connectivity index (χ1) is 29.0. The van der Waals surface area contributed by atoms with Crippen molar-refractivity contribution >= 4 is 35.2 Å². The van der Waals surface area contributed by atoms with E-state index < -0.39 is 23.5 Å². The highest BCUT2D eigenvalue weighted by Gasteiger charge is 2.32. The van der Waals surface area contributed by atoms with Crippen molar-refractivity contribution in [2.75, 3.05) is 12.0 Å². The predicted molar refractivity (Wildman–Crippen MR) is 231 cm³/mol. The van der Waals surface area contributed by atoms with Crippen molar-refractivity contribution in [2.45, 2.75) is 33.1 Å². The number of hydrogen-bond donors (Lipinski definition) is 0. The molecule has 0 amide bonds. The highest BCUT2D eigenvalue weighted by atomic mass is 16.7. The molecular formula is C51H43NO8. The number of carbonyl (C=O) groups excluding carboxylic acids is 3. The number of ether oxygens (including phenoxy) is 5. The molecule has 0 fully saturated rings. The van der Waals surface area contributed by atoms with Gasteiger partial charge in [-0.1, -0.05) is 71.8 Å². The normalized spacial score (nSPS) is 11.8. The summed E-state index contributed by atoms with van der Waals surface area (Å²) >= 11 is 0. The Morgan fingerprint density at radius 1 is 0.433 bits per heavy atom. The van der Waals surface area contributed by atoms with Crippen LogP contribution in [0.25, 0.3) is 0 Å². The number of carbonyl (C=O) groups is 3. The van der Waals surface area contributed by atoms with Crippen LogP contribution in [0, 0.1) is 13.8 Å². The Balaban J connectivity index is 1.07. The molecule has 0 bridgehead atoms. The van der Waals surface area contributed by atoms with E-state index in [4.69, 9.17) is 23.7 Å². The van der Waals surface area contributed by atoms with Gasteiger partial charge in [0.05, 0.1) is 12.7 Å². The number of esters is 2. The molecule has 0 spiro atoms. The van der Waals surface area contributed by atoms with Gasteiger partial charge in [0.25, 0.3) is 0 Å². The summed E-state index contributed by atoms with van der Waals surface area (Å²) in [5, 5.41) is 0. The maximum Gasteiger partial charge on any atom is 0.519 e. The van der Waals surface area contributed by atoms with E-state index in [1.807, 2.05) is 24.3 Å². The third-order valence-electron chi connectivity index (χ3n) is 10.2. The minimum absolute atomic E-state index is 0.178. The van der Waals surface area contributed by atoms with Gasteiger partial charge in [-0.2, -0.15) is 0 Å². The molecule has 7 aromatic rings. The molecule has 0 aromatic heterocycles. The average Bonchev–Trinajstić information content (AvgIpc) is 3.26. The Hall–Kier alpha value is -7.65. The molecule has 1 atom stereocenters. The van der Waals surface area contributed by atoms with Crippen LogP contribution in [0.1, 0.15) is 52.0 Å². The highest BCUT2D eigenvalue weighted by molar-refractivity contribution is 5.91. The second-order valence-electron chi connectivity index (χ2n) is 14.4. The molecule has 9 nitrogen and oxygen atoms in total. The quantitative estimate of drug-likeness (QED) is 0.0517. The molecular weight excluding hydrogens is 755 g/mol. The summed E-state index contributed by atoms with van der Waals surface area (Å²) in [6.45, 7) is 7.64. The van der Waals surface area contributed by atoms with Crippen LogP contribution in [0.4, 0.5) is 21.9 Å². The van der Waals surface area contributed by atoms with Gasteiger partial charge in [-0.25, -0.2) is 9.59 Å². The van der Waals surface area contributed by atoms with Crippen molar-refractivity contribution in [3.63, 3.8) is 0 Å². The van der Waals surface area contributed by atoms with Crippen LogP contribution in [-0.4, -0.2) is 25.2 Å². The van der Waals surface area contributed by atoms with Crippen molar-refractivity contribution in [3.8, 4) is 28.7 Å². The van der Waals surface area contributed by atoms with Gasteiger partial charge in [-0.05, 0) is 147 Å². The summed E-state index contributed by atoms with van der Waals surface area (Å²) in [7, 11) is 1.65. The van der Waals surface area contributed by atoms with Crippen molar-refractivity contribution in [2.24, 2.45) is 0 Å². The highest BCUT2D eigenvalue weighted by Crippen LogP contribution is 2.42. The smallest absolute Gasteiger partial charge is 0.497 e. The van der Waals surface area contributed by atoms with E-state index in [1.54, 1.807) is 19.2 Å². The molecule has 0 saturated carbocycles. The van der Waals surface area contributed by atoms with E-state index in [2.05, 4.69) is 111 Å². The van der Waals surface area contributed by atoms with Crippen LogP contribution in [0.5, 0.6) is 28.7 Å². The summed E-state index contributed by atoms with van der Waals surface area (Å²) < 4.78 is 26.8. The zero-order valence-electron chi connectivity index (χ0n) is 33.9. The molecule has 0 aliphatic heterocycles. The molecule has 7 aromatic carbocycles. The molecule has 0 radical (unpaired) electrons. The van der Waals surface area contributed by atoms with E-state index in [0.29, 0.717) is 11.5 Å². The first-order valence-electron chi connectivity index (χ1n) is 19.3. The van der Waals surface area contributed by atoms with Crippen LogP contribution >= 0.6 is 0 Å². The van der Waals surface area contributed by atoms with Crippen molar-refractivity contribution < 1.29 is 38.1 Å². The first-order valence-corrected chi connectivity index (χ1v) is 19.3. The maximum atomic E-state index is 12.9. The Kier molecular flexibility index (Phi) is 12.1. The summed E-state index contributed by atoms with van der Waals surface area (Å²) in [6.07, 6.45) is -0.939. The fraction of sp³-hybridized carbons (Fsp3) is 0.118. The molecule has 0 aliphatic rings. The van der Waals surface area contributed by atoms with Crippen molar-refractivity contribution in [1.29, 1.82) is 0 Å². The van der Waals surface area contributed by atoms with E-state index in [0.717, 1.165) is 39.5 Å². The Bertz CT molecular complexity index is 2520. The zero-order valence-corrected chi connectivity index (χ0v) is 33.9. The topological polar surface area (TPSA) is 101 Å². The Morgan fingerprint density at radius 3 is 1.18 bits per heavy atom. The second-order valence-corrected chi connectivity index (χ2v) is 14.4. The molecule has 0 N–H and O–H groups in total. The fourth-order valence-electron chi connectivity index (χ4n) is 6.84. The zero-order chi connectivity index (χ0) is 42.2. The number of benzene rings is 7. The minimum atomic E-state index is -0.939. The van der Waals surface area contributed by atoms with E-state index in [-0.39, 0.29) is 17.1 Å². The number of aryl methyl sites for hydroxylation is 2. The van der Waals surface area contributed by atoms with Crippen LogP contribution in [0.2, 0.25) is 0 Å². The number of nitrogens with zero attached hydrogens (tertiary/aromatic N) is 1. The van der Waals surface area contributed by atoms with E-state index >= 15 is 0 Å². The summed E-state index contributed by atoms with van der Waals surface area (Å²) in [5.41, 5.74) is 8.22. The summed E-state index contributed by atoms with van der Waals surface area (Å²) in [4.78, 5) is 38.9. The van der Waals surface area contributed by atoms with Gasteiger partial charge >= 0.3 is 18.1 Å². The maximum absolute atomic E-state index is 12.9. The Morgan fingerprint density at radius 2 is 0.767 bits per heavy atom. The van der Waals surface area contributed by atoms with Gasteiger partial charge in [-0.15, -0.1) is 0 Å². The van der Waals surface area contributed by atoms with Gasteiger partial charge in [-0.3, -0.25) is 4.79 Å². The van der Waals surface area contributed by atoms with E-state index in [9.17, 15) is 14.4 Å². The monoisotopic (exact) mass is 797 g/mol. The molecule has 0 heterocycles. The van der Waals surface area contributed by atoms with Crippen molar-refractivity contribution in [3.05, 3.63) is 203 Å². The lowest BCUT2D eigenvalue weighted by Gasteiger charge is -2.33. The largest absolute Gasteiger partial charge is 0.519 e. The standard InChI is InChI=1S/C51H43NO8/c1-34-6-18-41(19-7-34)52(42-20-8-35(2)9-21-42)43-22-12-38(13-23-43)51(4,39-14-26-44(56-5)27-15-39)40-16-28-48(29-17-40)60-50(55)59-47-24-10-37(11-25-47)49(54)58-46-32-30-45(31-33-46)57-36(3)53/h6-33H,1-5H3. The lowest BCUT2D eigenvalue weighted by Crippen LogP contribution is -2.25. The second kappa shape index (κ2) is 17.9. The summed E-state index contributed by atoms with van der Waals surface area (Å²) in [6, 6.07) is 53.0. The third kappa shape index (κ3) is 9.38. The third-order valence-corrected chi connectivity index (χ3v) is 10.2. The molecule has 9 heteroatoms. The van der Waals surface area contributed by atoms with Gasteiger partial charge in [0.15, 0.2) is 0 Å². The van der Waals surface area contributed by atoms with Gasteiger partial charge in [0.2, 0.25) is 0 Å². The molecule has 60 heavy (non-hydrogen) atoms. The lowest BCUT2D eigenvalue weighted by molar-refractivity contribution is -0.131. The number of rotatable bonds is 12. The molecule has 1 unspecified atom stereocenters. The predicted octanol–water partition coefficient (Wildman–Crippen LogP) is 11.9. The van der Waals surface area contributed by atoms with Gasteiger partial charge in [0, 0.05) is 29.4 Å². The molecule has 7 rings (SSSR count). The fourth-order valence-corrected chi connectivity index (χ4v) is 6.84. The first kappa shape index (κ1) is 40.5. The van der Waals surface area contributed by atoms with Crippen molar-refractivity contribution in [1.82, 2.24) is 0 Å². The van der Waals surface area contributed by atoms with Gasteiger partial charge in [0.1, 0.15) is 28.7 Å². The summed E-state index contributed by atoms with van der Waals surface area (Å²) in [5.74, 6) is 0.762. The lowest BCUT2D eigenvalue weighted by atomic mass is 9.71. The van der Waals surface area contributed by atoms with Crippen LogP contribution in [-0.2, 0) is 10.2 Å². The van der Waals surface area contributed by atoms with E-state index in [1.165, 1.54) is 66.6 Å². The van der Waals surface area contributed by atoms with Crippen LogP contribution in [0.3, 0.4) is 0 Å². The Labute approximate surface area is 349 Å². The van der Waals surface area contributed by atoms with Crippen LogP contribution < -0.4 is 28.6 Å². The molecule has 0 aliphatic carbocycles. The number of hydrogen-bond acceptors (Lipinski definition) is 9. The average molecular weight is 798 g/mol. The minimum Gasteiger partial charge on any atom is -0.497 e. The van der Waals surface area contributed by atoms with Crippen LogP contribution in [0.15, 0.2) is 170 Å². The molecule has 300 valence electrons. The number of methoxy groups -OCH3 is 1. The molecule has 0 saturated heterocycles.